The molecule has 0 saturated carbocycles. The molecule has 0 spiro atoms. The average molecular weight is 513 g/mol. The molecule has 0 radical (unpaired) electrons. The molecule has 35 heavy (non-hydrogen) atoms. The normalized spacial score (nSPS) is 18.0. The van der Waals surface area contributed by atoms with Crippen molar-refractivity contribution < 1.29 is 4.21 Å². The van der Waals surface area contributed by atoms with Gasteiger partial charge in [-0.15, -0.1) is 0 Å². The van der Waals surface area contributed by atoms with E-state index in [4.69, 9.17) is 16.6 Å². The molecule has 1 aromatic carbocycles. The smallest absolute Gasteiger partial charge is 0.182 e. The molecule has 4 aromatic rings. The number of imidazole rings is 1. The topological polar surface area (TPSA) is 103 Å². The van der Waals surface area contributed by atoms with Gasteiger partial charge in [0.05, 0.1) is 28.8 Å². The van der Waals surface area contributed by atoms with Gasteiger partial charge in [0.25, 0.3) is 0 Å². The van der Waals surface area contributed by atoms with Gasteiger partial charge in [-0.1, -0.05) is 23.7 Å². The fourth-order valence-corrected chi connectivity index (χ4v) is 5.76. The number of rotatable bonds is 7. The lowest BCUT2D eigenvalue weighted by molar-refractivity contribution is 0.194. The number of nitrogens with zero attached hydrogens (tertiary/aromatic N) is 6. The summed E-state index contributed by atoms with van der Waals surface area (Å²) in [4.78, 5) is 23.3. The summed E-state index contributed by atoms with van der Waals surface area (Å²) >= 11 is 6.62. The highest BCUT2D eigenvalue weighted by Crippen LogP contribution is 2.30. The highest BCUT2D eigenvalue weighted by atomic mass is 35.5. The number of aromatic nitrogens is 5. The third-order valence-corrected chi connectivity index (χ3v) is 8.24. The Morgan fingerprint density at radius 2 is 2.03 bits per heavy atom. The van der Waals surface area contributed by atoms with Crippen molar-refractivity contribution in [1.29, 1.82) is 0 Å². The lowest BCUT2D eigenvalue weighted by atomic mass is 10.0. The molecular weight excluding hydrogens is 484 g/mol. The summed E-state index contributed by atoms with van der Waals surface area (Å²) in [6.07, 6.45) is 5.59. The number of halogens is 1. The molecule has 1 fully saturated rings. The number of anilines is 1. The van der Waals surface area contributed by atoms with Gasteiger partial charge in [-0.25, -0.2) is 19.3 Å². The Hall–Kier alpha value is -2.79. The van der Waals surface area contributed by atoms with Crippen LogP contribution in [0.5, 0.6) is 0 Å². The number of hydrogen-bond donors (Lipinski definition) is 2. The van der Waals surface area contributed by atoms with Crippen LogP contribution in [-0.2, 0) is 16.1 Å². The molecule has 1 aliphatic heterocycles. The summed E-state index contributed by atoms with van der Waals surface area (Å²) in [6, 6.07) is 7.94. The molecule has 4 heterocycles. The summed E-state index contributed by atoms with van der Waals surface area (Å²) in [6.45, 7) is 6.16. The molecule has 1 aliphatic rings. The zero-order chi connectivity index (χ0) is 24.6. The predicted octanol–water partition coefficient (Wildman–Crippen LogP) is 3.15. The van der Waals surface area contributed by atoms with Gasteiger partial charge in [-0.2, -0.15) is 0 Å². The van der Waals surface area contributed by atoms with E-state index in [9.17, 15) is 4.21 Å². The van der Waals surface area contributed by atoms with Gasteiger partial charge in [-0.3, -0.25) is 9.19 Å². The molecule has 9 nitrogen and oxygen atoms in total. The van der Waals surface area contributed by atoms with Crippen LogP contribution in [0.3, 0.4) is 0 Å². The average Bonchev–Trinajstić information content (AvgIpc) is 3.32. The number of H-pyrrole nitrogens is 1. The van der Waals surface area contributed by atoms with Crippen molar-refractivity contribution in [2.45, 2.75) is 19.4 Å². The van der Waals surface area contributed by atoms with Crippen LogP contribution in [0.2, 0.25) is 5.02 Å². The molecule has 2 N–H and O–H groups in total. The Kier molecular flexibility index (Phi) is 6.63. The first-order valence-corrected chi connectivity index (χ1v) is 14.0. The second-order valence-corrected chi connectivity index (χ2v) is 11.8. The van der Waals surface area contributed by atoms with E-state index < -0.39 is 9.71 Å². The van der Waals surface area contributed by atoms with Crippen molar-refractivity contribution in [1.82, 2.24) is 34.1 Å². The SMILES string of the molecule is C=S(C)(=O)N1CCN(CCc2nc(C(C)Nc3ncnc4nc[nH]c34)cc3cccc(Cl)c23)CC1. The number of fused-ring (bicyclic) bond motifs is 2. The molecule has 0 amide bonds. The van der Waals surface area contributed by atoms with Crippen molar-refractivity contribution in [2.24, 2.45) is 0 Å². The Balaban J connectivity index is 1.38. The van der Waals surface area contributed by atoms with Crippen LogP contribution in [0.15, 0.2) is 36.9 Å². The van der Waals surface area contributed by atoms with Gasteiger partial charge in [0.2, 0.25) is 0 Å². The molecule has 2 unspecified atom stereocenters. The Morgan fingerprint density at radius 1 is 1.23 bits per heavy atom. The maximum absolute atomic E-state index is 12.3. The van der Waals surface area contributed by atoms with Gasteiger partial charge in [0, 0.05) is 60.5 Å². The molecule has 11 heteroatoms. The molecule has 3 aromatic heterocycles. The van der Waals surface area contributed by atoms with Crippen molar-refractivity contribution in [3.8, 4) is 0 Å². The molecule has 1 saturated heterocycles. The van der Waals surface area contributed by atoms with E-state index in [-0.39, 0.29) is 6.04 Å². The number of piperazine rings is 1. The Bertz CT molecular complexity index is 1460. The van der Waals surface area contributed by atoms with E-state index in [1.54, 1.807) is 12.6 Å². The number of aromatic amines is 1. The number of nitrogens with one attached hydrogen (secondary N) is 2. The number of benzene rings is 1. The Morgan fingerprint density at radius 3 is 2.80 bits per heavy atom. The quantitative estimate of drug-likeness (QED) is 0.367. The van der Waals surface area contributed by atoms with E-state index in [0.717, 1.165) is 66.8 Å². The van der Waals surface area contributed by atoms with E-state index in [1.165, 1.54) is 6.33 Å². The van der Waals surface area contributed by atoms with E-state index in [1.807, 2.05) is 16.4 Å². The van der Waals surface area contributed by atoms with Gasteiger partial charge in [0.15, 0.2) is 11.5 Å². The standard InChI is InChI=1S/C24H29ClN8OS/c1-16(30-24-22-23(27-14-26-22)28-15-29-24)20-13-17-5-4-6-18(25)21(17)19(31-20)7-8-32-9-11-33(12-10-32)35(2,3)34/h4-6,13-16H,2,7-12H2,1,3H3,(H2,26,27,28,29,30). The molecule has 2 atom stereocenters. The fraction of sp³-hybridized carbons (Fsp3) is 0.375. The number of hydrogen-bond acceptors (Lipinski definition) is 7. The maximum atomic E-state index is 12.3. The zero-order valence-electron chi connectivity index (χ0n) is 19.9. The van der Waals surface area contributed by atoms with Crippen LogP contribution in [0, 0.1) is 0 Å². The largest absolute Gasteiger partial charge is 0.360 e. The first-order valence-electron chi connectivity index (χ1n) is 11.6. The summed E-state index contributed by atoms with van der Waals surface area (Å²) < 4.78 is 14.2. The Labute approximate surface area is 210 Å². The maximum Gasteiger partial charge on any atom is 0.182 e. The van der Waals surface area contributed by atoms with Crippen LogP contribution in [0.4, 0.5) is 5.82 Å². The number of pyridine rings is 1. The van der Waals surface area contributed by atoms with E-state index >= 15 is 0 Å². The van der Waals surface area contributed by atoms with Gasteiger partial charge in [0.1, 0.15) is 11.8 Å². The second kappa shape index (κ2) is 9.69. The monoisotopic (exact) mass is 512 g/mol. The van der Waals surface area contributed by atoms with Gasteiger partial charge in [-0.05, 0) is 30.3 Å². The van der Waals surface area contributed by atoms with Crippen LogP contribution in [-0.4, -0.2) is 83.2 Å². The lowest BCUT2D eigenvalue weighted by Crippen LogP contribution is -2.48. The first-order chi connectivity index (χ1) is 16.8. The van der Waals surface area contributed by atoms with Crippen molar-refractivity contribution in [3.63, 3.8) is 0 Å². The van der Waals surface area contributed by atoms with Crippen molar-refractivity contribution in [2.75, 3.05) is 44.3 Å². The van der Waals surface area contributed by atoms with Crippen molar-refractivity contribution in [3.05, 3.63) is 53.3 Å². The second-order valence-electron chi connectivity index (χ2n) is 9.00. The third-order valence-electron chi connectivity index (χ3n) is 6.46. The minimum absolute atomic E-state index is 0.100. The minimum atomic E-state index is -2.15. The van der Waals surface area contributed by atoms with Crippen LogP contribution in [0.25, 0.3) is 21.9 Å². The summed E-state index contributed by atoms with van der Waals surface area (Å²) in [5.74, 6) is 4.50. The fourth-order valence-electron chi connectivity index (χ4n) is 4.53. The molecule has 0 aliphatic carbocycles. The molecule has 184 valence electrons. The summed E-state index contributed by atoms with van der Waals surface area (Å²) in [7, 11) is -2.15. The van der Waals surface area contributed by atoms with Gasteiger partial charge >= 0.3 is 0 Å². The van der Waals surface area contributed by atoms with Crippen LogP contribution in [0.1, 0.15) is 24.4 Å². The van der Waals surface area contributed by atoms with Crippen LogP contribution < -0.4 is 5.32 Å². The molecule has 5 rings (SSSR count). The predicted molar refractivity (Wildman–Crippen MR) is 143 cm³/mol. The van der Waals surface area contributed by atoms with E-state index in [0.29, 0.717) is 16.5 Å². The molecular formula is C24H29ClN8OS. The minimum Gasteiger partial charge on any atom is -0.360 e. The lowest BCUT2D eigenvalue weighted by Gasteiger charge is -2.35. The first kappa shape index (κ1) is 23.9. The van der Waals surface area contributed by atoms with E-state index in [2.05, 4.69) is 55.1 Å². The highest BCUT2D eigenvalue weighted by Gasteiger charge is 2.21. The zero-order valence-corrected chi connectivity index (χ0v) is 21.4. The van der Waals surface area contributed by atoms with Crippen molar-refractivity contribution >= 4 is 54.9 Å². The third kappa shape index (κ3) is 5.11. The highest BCUT2D eigenvalue weighted by molar-refractivity contribution is 7.97. The van der Waals surface area contributed by atoms with Gasteiger partial charge < -0.3 is 15.2 Å². The summed E-state index contributed by atoms with van der Waals surface area (Å²) in [5, 5.41) is 6.22. The summed E-state index contributed by atoms with van der Waals surface area (Å²) in [5.41, 5.74) is 3.27. The van der Waals surface area contributed by atoms with Crippen LogP contribution >= 0.6 is 11.6 Å². The molecule has 0 bridgehead atoms.